The Morgan fingerprint density at radius 3 is 2.20 bits per heavy atom. The summed E-state index contributed by atoms with van der Waals surface area (Å²) >= 11 is 0. The van der Waals surface area contributed by atoms with Crippen molar-refractivity contribution in [3.63, 3.8) is 0 Å². The molecule has 0 aliphatic rings. The number of anilines is 1. The van der Waals surface area contributed by atoms with Gasteiger partial charge in [-0.2, -0.15) is 0 Å². The first-order valence-corrected chi connectivity index (χ1v) is 7.39. The van der Waals surface area contributed by atoms with E-state index in [4.69, 9.17) is 4.74 Å². The number of benzene rings is 1. The molecular formula is C17H29NO2. The van der Waals surface area contributed by atoms with Crippen molar-refractivity contribution in [3.8, 4) is 0 Å². The van der Waals surface area contributed by atoms with Gasteiger partial charge in [-0.3, -0.25) is 0 Å². The third kappa shape index (κ3) is 6.40. The first-order valence-electron chi connectivity index (χ1n) is 7.39. The van der Waals surface area contributed by atoms with E-state index in [9.17, 15) is 5.11 Å². The second-order valence-electron chi connectivity index (χ2n) is 6.79. The first kappa shape index (κ1) is 17.0. The lowest BCUT2D eigenvalue weighted by Gasteiger charge is -2.19. The summed E-state index contributed by atoms with van der Waals surface area (Å²) in [5.41, 5.74) is 2.51. The van der Waals surface area contributed by atoms with Crippen LogP contribution in [-0.2, 0) is 10.2 Å². The van der Waals surface area contributed by atoms with Crippen molar-refractivity contribution in [3.05, 3.63) is 29.8 Å². The number of hydrogen-bond donors (Lipinski definition) is 2. The number of aliphatic hydroxyl groups is 1. The maximum absolute atomic E-state index is 9.82. The van der Waals surface area contributed by atoms with Gasteiger partial charge in [0, 0.05) is 18.8 Å². The molecule has 2 N–H and O–H groups in total. The zero-order chi connectivity index (χ0) is 15.2. The fourth-order valence-electron chi connectivity index (χ4n) is 1.82. The Morgan fingerprint density at radius 1 is 1.10 bits per heavy atom. The van der Waals surface area contributed by atoms with E-state index in [0.29, 0.717) is 25.7 Å². The molecule has 0 spiro atoms. The molecule has 0 radical (unpaired) electrons. The number of ether oxygens (including phenoxy) is 1. The van der Waals surface area contributed by atoms with E-state index in [-0.39, 0.29) is 5.41 Å². The molecule has 1 unspecified atom stereocenters. The maximum atomic E-state index is 9.82. The molecule has 0 saturated heterocycles. The lowest BCUT2D eigenvalue weighted by Crippen LogP contribution is -2.25. The Morgan fingerprint density at radius 2 is 1.70 bits per heavy atom. The van der Waals surface area contributed by atoms with Crippen molar-refractivity contribution in [1.82, 2.24) is 0 Å². The number of rotatable bonds is 7. The van der Waals surface area contributed by atoms with Crippen LogP contribution in [0.3, 0.4) is 0 Å². The average Bonchev–Trinajstić information content (AvgIpc) is 2.35. The molecule has 0 aromatic heterocycles. The monoisotopic (exact) mass is 279 g/mol. The van der Waals surface area contributed by atoms with Gasteiger partial charge in [0.1, 0.15) is 0 Å². The van der Waals surface area contributed by atoms with E-state index in [1.165, 1.54) is 5.56 Å². The molecule has 1 rings (SSSR count). The molecule has 0 fully saturated rings. The van der Waals surface area contributed by atoms with Gasteiger partial charge < -0.3 is 15.2 Å². The fraction of sp³-hybridized carbons (Fsp3) is 0.647. The lowest BCUT2D eigenvalue weighted by atomic mass is 9.87. The highest BCUT2D eigenvalue weighted by molar-refractivity contribution is 5.45. The van der Waals surface area contributed by atoms with Crippen LogP contribution < -0.4 is 5.32 Å². The van der Waals surface area contributed by atoms with Gasteiger partial charge in [-0.1, -0.05) is 46.8 Å². The minimum Gasteiger partial charge on any atom is -0.389 e. The highest BCUT2D eigenvalue weighted by Crippen LogP contribution is 2.23. The molecule has 3 heteroatoms. The average molecular weight is 279 g/mol. The summed E-state index contributed by atoms with van der Waals surface area (Å²) in [5, 5.41) is 13.1. The van der Waals surface area contributed by atoms with Crippen molar-refractivity contribution in [2.75, 3.05) is 25.1 Å². The van der Waals surface area contributed by atoms with E-state index in [1.807, 2.05) is 0 Å². The van der Waals surface area contributed by atoms with Gasteiger partial charge in [0.25, 0.3) is 0 Å². The summed E-state index contributed by atoms with van der Waals surface area (Å²) in [4.78, 5) is 0. The Bertz CT molecular complexity index is 379. The summed E-state index contributed by atoms with van der Waals surface area (Å²) in [7, 11) is 0. The van der Waals surface area contributed by atoms with Crippen molar-refractivity contribution in [2.24, 2.45) is 5.92 Å². The Kier molecular flexibility index (Phi) is 6.50. The van der Waals surface area contributed by atoms with E-state index in [0.717, 1.165) is 5.69 Å². The van der Waals surface area contributed by atoms with Crippen molar-refractivity contribution < 1.29 is 9.84 Å². The zero-order valence-electron chi connectivity index (χ0n) is 13.4. The van der Waals surface area contributed by atoms with Gasteiger partial charge in [-0.25, -0.2) is 0 Å². The van der Waals surface area contributed by atoms with Crippen LogP contribution in [0.1, 0.15) is 40.2 Å². The van der Waals surface area contributed by atoms with E-state index < -0.39 is 6.10 Å². The van der Waals surface area contributed by atoms with Crippen LogP contribution in [0, 0.1) is 5.92 Å². The number of aliphatic hydroxyl groups excluding tert-OH is 1. The molecule has 1 atom stereocenters. The highest BCUT2D eigenvalue weighted by atomic mass is 16.5. The zero-order valence-corrected chi connectivity index (χ0v) is 13.4. The molecule has 0 bridgehead atoms. The molecule has 1 aromatic rings. The lowest BCUT2D eigenvalue weighted by molar-refractivity contribution is 0.0318. The van der Waals surface area contributed by atoms with Crippen LogP contribution in [0.2, 0.25) is 0 Å². The number of hydrogen-bond acceptors (Lipinski definition) is 3. The summed E-state index contributed by atoms with van der Waals surface area (Å²) in [5.74, 6) is 0.500. The summed E-state index contributed by atoms with van der Waals surface area (Å²) in [6, 6.07) is 8.37. The summed E-state index contributed by atoms with van der Waals surface area (Å²) in [6.45, 7) is 12.4. The molecule has 0 saturated carbocycles. The van der Waals surface area contributed by atoms with Crippen LogP contribution in [0.5, 0.6) is 0 Å². The Balaban J connectivity index is 2.34. The standard InChI is InChI=1S/C17H29NO2/c1-13(2)11-20-12-16(19)10-18-15-8-6-14(7-9-15)17(3,4)5/h6-9,13,16,18-19H,10-12H2,1-5H3. The smallest absolute Gasteiger partial charge is 0.0945 e. The van der Waals surface area contributed by atoms with E-state index in [2.05, 4.69) is 64.2 Å². The Hall–Kier alpha value is -1.06. The molecule has 3 nitrogen and oxygen atoms in total. The summed E-state index contributed by atoms with van der Waals surface area (Å²) < 4.78 is 5.42. The van der Waals surface area contributed by atoms with Crippen LogP contribution in [0.15, 0.2) is 24.3 Å². The second kappa shape index (κ2) is 7.65. The highest BCUT2D eigenvalue weighted by Gasteiger charge is 2.13. The van der Waals surface area contributed by atoms with Crippen LogP contribution in [0.4, 0.5) is 5.69 Å². The molecule has 0 heterocycles. The SMILES string of the molecule is CC(C)COCC(O)CNc1ccc(C(C)(C)C)cc1. The van der Waals surface area contributed by atoms with Gasteiger partial charge >= 0.3 is 0 Å². The molecule has 0 aliphatic carbocycles. The van der Waals surface area contributed by atoms with Crippen molar-refractivity contribution in [2.45, 2.75) is 46.1 Å². The molecule has 20 heavy (non-hydrogen) atoms. The molecular weight excluding hydrogens is 250 g/mol. The van der Waals surface area contributed by atoms with Gasteiger partial charge in [0.15, 0.2) is 0 Å². The van der Waals surface area contributed by atoms with Crippen molar-refractivity contribution in [1.29, 1.82) is 0 Å². The largest absolute Gasteiger partial charge is 0.389 e. The predicted octanol–water partition coefficient (Wildman–Crippen LogP) is 3.43. The fourth-order valence-corrected chi connectivity index (χ4v) is 1.82. The van der Waals surface area contributed by atoms with Crippen LogP contribution in [0.25, 0.3) is 0 Å². The molecule has 1 aromatic carbocycles. The second-order valence-corrected chi connectivity index (χ2v) is 6.79. The molecule has 0 aliphatic heterocycles. The predicted molar refractivity (Wildman–Crippen MR) is 85.3 cm³/mol. The van der Waals surface area contributed by atoms with E-state index >= 15 is 0 Å². The third-order valence-electron chi connectivity index (χ3n) is 3.05. The third-order valence-corrected chi connectivity index (χ3v) is 3.05. The topological polar surface area (TPSA) is 41.5 Å². The maximum Gasteiger partial charge on any atom is 0.0945 e. The normalized spacial score (nSPS) is 13.6. The molecule has 114 valence electrons. The number of nitrogens with one attached hydrogen (secondary N) is 1. The van der Waals surface area contributed by atoms with Gasteiger partial charge in [-0.05, 0) is 29.0 Å². The van der Waals surface area contributed by atoms with Crippen LogP contribution in [-0.4, -0.2) is 31.0 Å². The van der Waals surface area contributed by atoms with Crippen molar-refractivity contribution >= 4 is 5.69 Å². The quantitative estimate of drug-likeness (QED) is 0.803. The summed E-state index contributed by atoms with van der Waals surface area (Å²) in [6.07, 6.45) is -0.476. The minimum absolute atomic E-state index is 0.169. The van der Waals surface area contributed by atoms with Crippen LogP contribution >= 0.6 is 0 Å². The molecule has 0 amide bonds. The first-order chi connectivity index (χ1) is 9.29. The van der Waals surface area contributed by atoms with Gasteiger partial charge in [0.05, 0.1) is 12.7 Å². The van der Waals surface area contributed by atoms with Gasteiger partial charge in [-0.15, -0.1) is 0 Å². The van der Waals surface area contributed by atoms with Gasteiger partial charge in [0.2, 0.25) is 0 Å². The minimum atomic E-state index is -0.476. The van der Waals surface area contributed by atoms with E-state index in [1.54, 1.807) is 0 Å². The Labute approximate surface area is 123 Å².